The van der Waals surface area contributed by atoms with Gasteiger partial charge in [-0.25, -0.2) is 4.98 Å². The van der Waals surface area contributed by atoms with Crippen LogP contribution in [0.25, 0.3) is 5.13 Å². The van der Waals surface area contributed by atoms with Gasteiger partial charge in [-0.3, -0.25) is 9.36 Å². The molecule has 0 fully saturated rings. The highest BCUT2D eigenvalue weighted by Gasteiger charge is 2.21. The van der Waals surface area contributed by atoms with Gasteiger partial charge in [0.05, 0.1) is 11.6 Å². The van der Waals surface area contributed by atoms with Crippen LogP contribution in [0.15, 0.2) is 28.1 Å². The molecule has 1 unspecified atom stereocenters. The number of hydrogen-bond acceptors (Lipinski definition) is 4. The average Bonchev–Trinajstić information content (AvgIpc) is 3.19. The second-order valence-electron chi connectivity index (χ2n) is 6.00. The lowest BCUT2D eigenvalue weighted by Crippen LogP contribution is -2.27. The molecule has 24 heavy (non-hydrogen) atoms. The predicted molar refractivity (Wildman–Crippen MR) is 95.0 cm³/mol. The van der Waals surface area contributed by atoms with Crippen molar-refractivity contribution in [3.8, 4) is 5.13 Å². The van der Waals surface area contributed by atoms with Gasteiger partial charge < -0.3 is 9.73 Å². The summed E-state index contributed by atoms with van der Waals surface area (Å²) in [6.45, 7) is 9.72. The molecule has 1 N–H and O–H groups in total. The van der Waals surface area contributed by atoms with Gasteiger partial charge in [-0.05, 0) is 46.8 Å². The second-order valence-corrected chi connectivity index (χ2v) is 6.87. The van der Waals surface area contributed by atoms with Crippen LogP contribution in [0.5, 0.6) is 0 Å². The smallest absolute Gasteiger partial charge is 0.253 e. The molecule has 3 aromatic heterocycles. The third kappa shape index (κ3) is 2.89. The van der Waals surface area contributed by atoms with Crippen molar-refractivity contribution in [1.82, 2.24) is 14.9 Å². The third-order valence-corrected chi connectivity index (χ3v) is 4.94. The fourth-order valence-corrected chi connectivity index (χ4v) is 3.80. The monoisotopic (exact) mass is 343 g/mol. The highest BCUT2D eigenvalue weighted by Crippen LogP contribution is 2.24. The van der Waals surface area contributed by atoms with Gasteiger partial charge in [-0.1, -0.05) is 0 Å². The van der Waals surface area contributed by atoms with Crippen molar-refractivity contribution in [2.45, 2.75) is 40.7 Å². The molecule has 0 aliphatic carbocycles. The van der Waals surface area contributed by atoms with Crippen LogP contribution in [0.4, 0.5) is 0 Å². The Morgan fingerprint density at radius 3 is 2.62 bits per heavy atom. The van der Waals surface area contributed by atoms with Gasteiger partial charge in [-0.2, -0.15) is 0 Å². The molecule has 0 aliphatic heterocycles. The number of nitrogens with one attached hydrogen (secondary N) is 1. The summed E-state index contributed by atoms with van der Waals surface area (Å²) in [4.78, 5) is 17.1. The molecule has 0 spiro atoms. The van der Waals surface area contributed by atoms with Crippen molar-refractivity contribution in [3.63, 3.8) is 0 Å². The van der Waals surface area contributed by atoms with Crippen LogP contribution in [0, 0.1) is 27.7 Å². The SMILES string of the molecule is Cc1cc(C(C)NC(=O)c2cc(C)n(-c3nccs3)c2C)c(C)o1. The number of hydrogen-bond donors (Lipinski definition) is 1. The summed E-state index contributed by atoms with van der Waals surface area (Å²) >= 11 is 1.55. The lowest BCUT2D eigenvalue weighted by atomic mass is 10.1. The minimum Gasteiger partial charge on any atom is -0.466 e. The van der Waals surface area contributed by atoms with Crippen molar-refractivity contribution < 1.29 is 9.21 Å². The molecule has 0 aromatic carbocycles. The maximum atomic E-state index is 12.7. The molecule has 0 saturated carbocycles. The van der Waals surface area contributed by atoms with Crippen molar-refractivity contribution in [3.05, 3.63) is 57.7 Å². The second kappa shape index (κ2) is 6.28. The molecule has 5 nitrogen and oxygen atoms in total. The van der Waals surface area contributed by atoms with Gasteiger partial charge in [0.2, 0.25) is 0 Å². The van der Waals surface area contributed by atoms with E-state index in [-0.39, 0.29) is 11.9 Å². The molecule has 0 radical (unpaired) electrons. The van der Waals surface area contributed by atoms with E-state index in [1.54, 1.807) is 17.5 Å². The summed E-state index contributed by atoms with van der Waals surface area (Å²) < 4.78 is 7.57. The van der Waals surface area contributed by atoms with E-state index < -0.39 is 0 Å². The first-order chi connectivity index (χ1) is 11.4. The lowest BCUT2D eigenvalue weighted by Gasteiger charge is -2.13. The Hall–Kier alpha value is -2.34. The van der Waals surface area contributed by atoms with E-state index in [0.717, 1.165) is 33.6 Å². The lowest BCUT2D eigenvalue weighted by molar-refractivity contribution is 0.0939. The summed E-state index contributed by atoms with van der Waals surface area (Å²) in [5, 5.41) is 5.87. The van der Waals surface area contributed by atoms with E-state index in [4.69, 9.17) is 4.42 Å². The number of furan rings is 1. The Kier molecular flexibility index (Phi) is 4.32. The normalized spacial score (nSPS) is 12.4. The largest absolute Gasteiger partial charge is 0.466 e. The fraction of sp³-hybridized carbons (Fsp3) is 0.333. The highest BCUT2D eigenvalue weighted by atomic mass is 32.1. The fourth-order valence-electron chi connectivity index (χ4n) is 3.05. The highest BCUT2D eigenvalue weighted by molar-refractivity contribution is 7.12. The predicted octanol–water partition coefficient (Wildman–Crippen LogP) is 4.25. The van der Waals surface area contributed by atoms with Crippen LogP contribution >= 0.6 is 11.3 Å². The molecular weight excluding hydrogens is 322 g/mol. The number of thiazole rings is 1. The minimum atomic E-state index is -0.113. The van der Waals surface area contributed by atoms with E-state index in [1.165, 1.54) is 0 Å². The zero-order valence-corrected chi connectivity index (χ0v) is 15.3. The molecule has 0 aliphatic rings. The maximum Gasteiger partial charge on any atom is 0.253 e. The molecule has 3 heterocycles. The Labute approximate surface area is 145 Å². The Bertz CT molecular complexity index is 875. The molecule has 1 atom stereocenters. The van der Waals surface area contributed by atoms with Crippen LogP contribution in [-0.2, 0) is 0 Å². The molecule has 6 heteroatoms. The Morgan fingerprint density at radius 1 is 1.29 bits per heavy atom. The van der Waals surface area contributed by atoms with Crippen LogP contribution < -0.4 is 5.32 Å². The van der Waals surface area contributed by atoms with Gasteiger partial charge in [0.15, 0.2) is 5.13 Å². The molecule has 126 valence electrons. The molecule has 3 aromatic rings. The summed E-state index contributed by atoms with van der Waals surface area (Å²) in [5.74, 6) is 1.61. The number of nitrogens with zero attached hydrogens (tertiary/aromatic N) is 2. The molecule has 0 bridgehead atoms. The number of aromatic nitrogens is 2. The Morgan fingerprint density at radius 2 is 2.04 bits per heavy atom. The van der Waals surface area contributed by atoms with Gasteiger partial charge in [0.1, 0.15) is 11.5 Å². The average molecular weight is 343 g/mol. The van der Waals surface area contributed by atoms with Crippen molar-refractivity contribution in [2.75, 3.05) is 0 Å². The van der Waals surface area contributed by atoms with E-state index in [9.17, 15) is 4.79 Å². The van der Waals surface area contributed by atoms with E-state index in [0.29, 0.717) is 5.56 Å². The number of carbonyl (C=O) groups excluding carboxylic acids is 1. The summed E-state index contributed by atoms with van der Waals surface area (Å²) in [6.07, 6.45) is 1.77. The zero-order valence-electron chi connectivity index (χ0n) is 14.5. The number of rotatable bonds is 4. The summed E-state index contributed by atoms with van der Waals surface area (Å²) in [7, 11) is 0. The standard InChI is InChI=1S/C18H21N3O2S/c1-10-8-16(13(4)21(10)18-19-6-7-24-18)17(22)20-12(3)15-9-11(2)23-14(15)5/h6-9,12H,1-5H3,(H,20,22). The quantitative estimate of drug-likeness (QED) is 0.770. The maximum absolute atomic E-state index is 12.7. The van der Waals surface area contributed by atoms with E-state index >= 15 is 0 Å². The molecule has 1 amide bonds. The van der Waals surface area contributed by atoms with Gasteiger partial charge in [-0.15, -0.1) is 11.3 Å². The number of amides is 1. The van der Waals surface area contributed by atoms with E-state index in [2.05, 4.69) is 10.3 Å². The first-order valence-electron chi connectivity index (χ1n) is 7.85. The first kappa shape index (κ1) is 16.5. The number of carbonyl (C=O) groups is 1. The van der Waals surface area contributed by atoms with Gasteiger partial charge in [0, 0.05) is 28.5 Å². The zero-order chi connectivity index (χ0) is 17.4. The topological polar surface area (TPSA) is 60.1 Å². The summed E-state index contributed by atoms with van der Waals surface area (Å²) in [5.41, 5.74) is 3.57. The number of aryl methyl sites for hydroxylation is 3. The van der Waals surface area contributed by atoms with Crippen molar-refractivity contribution >= 4 is 17.2 Å². The molecule has 0 saturated heterocycles. The first-order valence-corrected chi connectivity index (χ1v) is 8.73. The third-order valence-electron chi connectivity index (χ3n) is 4.18. The summed E-state index contributed by atoms with van der Waals surface area (Å²) in [6, 6.07) is 3.77. The minimum absolute atomic E-state index is 0.0864. The van der Waals surface area contributed by atoms with Crippen molar-refractivity contribution in [1.29, 1.82) is 0 Å². The molecular formula is C18H21N3O2S. The van der Waals surface area contributed by atoms with Crippen LogP contribution in [0.1, 0.15) is 51.8 Å². The van der Waals surface area contributed by atoms with Gasteiger partial charge in [0.25, 0.3) is 5.91 Å². The molecule has 3 rings (SSSR count). The Balaban J connectivity index is 1.86. The van der Waals surface area contributed by atoms with Gasteiger partial charge >= 0.3 is 0 Å². The van der Waals surface area contributed by atoms with Crippen LogP contribution in [-0.4, -0.2) is 15.5 Å². The van der Waals surface area contributed by atoms with E-state index in [1.807, 2.05) is 56.7 Å². The van der Waals surface area contributed by atoms with Crippen LogP contribution in [0.2, 0.25) is 0 Å². The van der Waals surface area contributed by atoms with Crippen molar-refractivity contribution in [2.24, 2.45) is 0 Å². The van der Waals surface area contributed by atoms with Crippen LogP contribution in [0.3, 0.4) is 0 Å².